The highest BCUT2D eigenvalue weighted by molar-refractivity contribution is 5.82. The van der Waals surface area contributed by atoms with Crippen LogP contribution in [0.1, 0.15) is 12.0 Å². The number of hydrogen-bond acceptors (Lipinski definition) is 2. The van der Waals surface area contributed by atoms with Gasteiger partial charge >= 0.3 is 0 Å². The number of rotatable bonds is 4. The van der Waals surface area contributed by atoms with Crippen molar-refractivity contribution in [3.8, 4) is 0 Å². The number of para-hydroxylation sites is 1. The van der Waals surface area contributed by atoms with E-state index in [1.807, 2.05) is 24.4 Å². The maximum atomic E-state index is 9.27. The molecule has 0 spiro atoms. The molecule has 0 aliphatic heterocycles. The Morgan fingerprint density at radius 1 is 1.27 bits per heavy atom. The van der Waals surface area contributed by atoms with Gasteiger partial charge in [0.05, 0.1) is 12.7 Å². The molecule has 1 aromatic carbocycles. The summed E-state index contributed by atoms with van der Waals surface area (Å²) in [5.74, 6) is 0. The molecule has 1 aromatic heterocycles. The van der Waals surface area contributed by atoms with E-state index in [-0.39, 0.29) is 6.61 Å². The number of nitrogens with one attached hydrogen (secondary N) is 1. The lowest BCUT2D eigenvalue weighted by molar-refractivity contribution is 0.0886. The highest BCUT2D eigenvalue weighted by atomic mass is 16.3. The molecule has 0 radical (unpaired) electrons. The van der Waals surface area contributed by atoms with E-state index in [9.17, 15) is 5.11 Å². The van der Waals surface area contributed by atoms with E-state index in [4.69, 9.17) is 5.11 Å². The summed E-state index contributed by atoms with van der Waals surface area (Å²) in [7, 11) is 0. The largest absolute Gasteiger partial charge is 0.394 e. The minimum absolute atomic E-state index is 0.164. The van der Waals surface area contributed by atoms with Crippen LogP contribution in [0.5, 0.6) is 0 Å². The number of aromatic amines is 1. The lowest BCUT2D eigenvalue weighted by Gasteiger charge is -2.05. The number of aliphatic hydroxyl groups excluding tert-OH is 2. The summed E-state index contributed by atoms with van der Waals surface area (Å²) in [5.41, 5.74) is 2.31. The van der Waals surface area contributed by atoms with Crippen molar-refractivity contribution in [2.45, 2.75) is 18.9 Å². The van der Waals surface area contributed by atoms with Crippen molar-refractivity contribution < 1.29 is 10.2 Å². The molecule has 0 amide bonds. The Morgan fingerprint density at radius 3 is 2.87 bits per heavy atom. The minimum atomic E-state index is -0.612. The van der Waals surface area contributed by atoms with Crippen molar-refractivity contribution in [3.63, 3.8) is 0 Å². The van der Waals surface area contributed by atoms with Gasteiger partial charge in [0.15, 0.2) is 0 Å². The Kier molecular flexibility index (Phi) is 3.04. The van der Waals surface area contributed by atoms with Crippen LogP contribution < -0.4 is 0 Å². The van der Waals surface area contributed by atoms with Crippen LogP contribution in [0.15, 0.2) is 30.5 Å². The molecule has 0 aliphatic rings. The molecular weight excluding hydrogens is 190 g/mol. The first-order valence-electron chi connectivity index (χ1n) is 5.15. The fraction of sp³-hybridized carbons (Fsp3) is 0.333. The fourth-order valence-electron chi connectivity index (χ4n) is 1.75. The van der Waals surface area contributed by atoms with Crippen molar-refractivity contribution in [2.24, 2.45) is 0 Å². The summed E-state index contributed by atoms with van der Waals surface area (Å²) in [4.78, 5) is 3.19. The summed E-state index contributed by atoms with van der Waals surface area (Å²) >= 11 is 0. The van der Waals surface area contributed by atoms with Gasteiger partial charge in [0, 0.05) is 17.1 Å². The van der Waals surface area contributed by atoms with Crippen LogP contribution >= 0.6 is 0 Å². The number of aromatic nitrogens is 1. The molecule has 0 bridgehead atoms. The van der Waals surface area contributed by atoms with Crippen LogP contribution in [0.4, 0.5) is 0 Å². The van der Waals surface area contributed by atoms with Gasteiger partial charge in [0.2, 0.25) is 0 Å². The second-order valence-electron chi connectivity index (χ2n) is 3.73. The quantitative estimate of drug-likeness (QED) is 0.707. The second-order valence-corrected chi connectivity index (χ2v) is 3.73. The lowest BCUT2D eigenvalue weighted by atomic mass is 10.1. The first kappa shape index (κ1) is 10.2. The van der Waals surface area contributed by atoms with E-state index in [0.29, 0.717) is 6.42 Å². The van der Waals surface area contributed by atoms with Crippen molar-refractivity contribution in [3.05, 3.63) is 36.0 Å². The molecule has 0 aliphatic carbocycles. The lowest BCUT2D eigenvalue weighted by Crippen LogP contribution is -2.12. The summed E-state index contributed by atoms with van der Waals surface area (Å²) in [6, 6.07) is 8.08. The average Bonchev–Trinajstić information content (AvgIpc) is 2.69. The average molecular weight is 205 g/mol. The van der Waals surface area contributed by atoms with Gasteiger partial charge < -0.3 is 15.2 Å². The highest BCUT2D eigenvalue weighted by Crippen LogP contribution is 2.19. The van der Waals surface area contributed by atoms with Crippen LogP contribution in [0, 0.1) is 0 Å². The maximum Gasteiger partial charge on any atom is 0.0774 e. The molecule has 2 aromatic rings. The third-order valence-corrected chi connectivity index (χ3v) is 2.63. The van der Waals surface area contributed by atoms with Crippen molar-refractivity contribution >= 4 is 10.9 Å². The number of aliphatic hydroxyl groups is 2. The minimum Gasteiger partial charge on any atom is -0.394 e. The third kappa shape index (κ3) is 2.19. The molecule has 3 N–H and O–H groups in total. The topological polar surface area (TPSA) is 56.2 Å². The molecule has 80 valence electrons. The number of H-pyrrole nitrogens is 1. The zero-order valence-corrected chi connectivity index (χ0v) is 8.48. The van der Waals surface area contributed by atoms with Gasteiger partial charge in [-0.05, 0) is 24.5 Å². The SMILES string of the molecule is OCC(O)CCc1c[nH]c2ccccc12. The van der Waals surface area contributed by atoms with E-state index in [1.165, 1.54) is 10.9 Å². The maximum absolute atomic E-state index is 9.27. The summed E-state index contributed by atoms with van der Waals surface area (Å²) < 4.78 is 0. The Labute approximate surface area is 88.4 Å². The monoisotopic (exact) mass is 205 g/mol. The molecule has 0 saturated heterocycles. The van der Waals surface area contributed by atoms with Crippen LogP contribution in [-0.2, 0) is 6.42 Å². The van der Waals surface area contributed by atoms with Gasteiger partial charge in [-0.1, -0.05) is 18.2 Å². The predicted molar refractivity (Wildman–Crippen MR) is 59.7 cm³/mol. The molecule has 2 rings (SSSR count). The first-order chi connectivity index (χ1) is 7.31. The van der Waals surface area contributed by atoms with Crippen molar-refractivity contribution in [1.29, 1.82) is 0 Å². The van der Waals surface area contributed by atoms with Gasteiger partial charge in [0.1, 0.15) is 0 Å². The standard InChI is InChI=1S/C12H15NO2/c14-8-10(15)6-5-9-7-13-12-4-2-1-3-11(9)12/h1-4,7,10,13-15H,5-6,8H2. The first-order valence-corrected chi connectivity index (χ1v) is 5.15. The molecule has 3 heteroatoms. The van der Waals surface area contributed by atoms with Crippen LogP contribution in [0.3, 0.4) is 0 Å². The van der Waals surface area contributed by atoms with Crippen molar-refractivity contribution in [2.75, 3.05) is 6.61 Å². The molecule has 1 atom stereocenters. The predicted octanol–water partition coefficient (Wildman–Crippen LogP) is 1.45. The van der Waals surface area contributed by atoms with Gasteiger partial charge in [-0.3, -0.25) is 0 Å². The number of benzene rings is 1. The second kappa shape index (κ2) is 4.47. The zero-order valence-electron chi connectivity index (χ0n) is 8.48. The van der Waals surface area contributed by atoms with Gasteiger partial charge in [-0.15, -0.1) is 0 Å². The normalized spacial score (nSPS) is 13.2. The molecular formula is C12H15NO2. The van der Waals surface area contributed by atoms with E-state index in [0.717, 1.165) is 11.9 Å². The molecule has 3 nitrogen and oxygen atoms in total. The van der Waals surface area contributed by atoms with E-state index < -0.39 is 6.10 Å². The third-order valence-electron chi connectivity index (χ3n) is 2.63. The fourth-order valence-corrected chi connectivity index (χ4v) is 1.75. The van der Waals surface area contributed by atoms with E-state index in [2.05, 4.69) is 11.1 Å². The van der Waals surface area contributed by atoms with Crippen molar-refractivity contribution in [1.82, 2.24) is 4.98 Å². The molecule has 15 heavy (non-hydrogen) atoms. The summed E-state index contributed by atoms with van der Waals surface area (Å²) in [6.07, 6.45) is 2.73. The Hall–Kier alpha value is -1.32. The molecule has 0 fully saturated rings. The molecule has 0 saturated carbocycles. The van der Waals surface area contributed by atoms with E-state index in [1.54, 1.807) is 0 Å². The smallest absolute Gasteiger partial charge is 0.0774 e. The zero-order chi connectivity index (χ0) is 10.7. The highest BCUT2D eigenvalue weighted by Gasteiger charge is 2.06. The van der Waals surface area contributed by atoms with Crippen LogP contribution in [0.25, 0.3) is 10.9 Å². The Morgan fingerprint density at radius 2 is 2.07 bits per heavy atom. The van der Waals surface area contributed by atoms with Crippen LogP contribution in [0.2, 0.25) is 0 Å². The Bertz CT molecular complexity index is 436. The van der Waals surface area contributed by atoms with Gasteiger partial charge in [-0.25, -0.2) is 0 Å². The number of hydrogen-bond donors (Lipinski definition) is 3. The van der Waals surface area contributed by atoms with Gasteiger partial charge in [0.25, 0.3) is 0 Å². The Balaban J connectivity index is 2.14. The summed E-state index contributed by atoms with van der Waals surface area (Å²) in [5, 5.41) is 19.2. The van der Waals surface area contributed by atoms with E-state index >= 15 is 0 Å². The van der Waals surface area contributed by atoms with Gasteiger partial charge in [-0.2, -0.15) is 0 Å². The summed E-state index contributed by atoms with van der Waals surface area (Å²) in [6.45, 7) is -0.164. The molecule has 1 heterocycles. The number of fused-ring (bicyclic) bond motifs is 1. The molecule has 1 unspecified atom stereocenters. The number of aryl methyl sites for hydroxylation is 1. The van der Waals surface area contributed by atoms with Crippen LogP contribution in [-0.4, -0.2) is 27.9 Å².